The molecule has 2 fully saturated rings. The highest BCUT2D eigenvalue weighted by Gasteiger charge is 2.45. The van der Waals surface area contributed by atoms with E-state index in [1.807, 2.05) is 12.1 Å². The average Bonchev–Trinajstić information content (AvgIpc) is 3.89. The van der Waals surface area contributed by atoms with Crippen molar-refractivity contribution in [3.05, 3.63) is 64.7 Å². The lowest BCUT2D eigenvalue weighted by molar-refractivity contribution is -0.154. The SMILES string of the molecule is CC(C)(C)C1CCC(NC(=O)C(=O)NC[C@H](NC(=O)c2ccc(Nc3nc(NC4(c5ccc(Cl)cc5)CC4)nc(OCC(F)(F)F)n3)cc2)C(=O)O)CC1. The maximum atomic E-state index is 12.9. The Morgan fingerprint density at radius 3 is 2.11 bits per heavy atom. The number of anilines is 3. The molecular formula is C36H42ClF3N8O6. The largest absolute Gasteiger partial charge is 0.480 e. The van der Waals surface area contributed by atoms with E-state index in [0.29, 0.717) is 29.5 Å². The molecule has 2 aromatic carbocycles. The van der Waals surface area contributed by atoms with Gasteiger partial charge in [0.2, 0.25) is 11.9 Å². The summed E-state index contributed by atoms with van der Waals surface area (Å²) < 4.78 is 43.6. The fourth-order valence-corrected chi connectivity index (χ4v) is 6.30. The number of aromatic nitrogens is 3. The second-order valence-electron chi connectivity index (χ2n) is 14.5. The van der Waals surface area contributed by atoms with Crippen molar-refractivity contribution in [3.63, 3.8) is 0 Å². The molecule has 0 unspecified atom stereocenters. The smallest absolute Gasteiger partial charge is 0.422 e. The molecule has 14 nitrogen and oxygen atoms in total. The number of rotatable bonds is 13. The fourth-order valence-electron chi connectivity index (χ4n) is 6.18. The van der Waals surface area contributed by atoms with Gasteiger partial charge in [-0.05, 0) is 91.8 Å². The Bertz CT molecular complexity index is 1830. The summed E-state index contributed by atoms with van der Waals surface area (Å²) in [6, 6.07) is 10.4. The number of nitrogens with one attached hydrogen (secondary N) is 5. The van der Waals surface area contributed by atoms with Crippen LogP contribution in [0, 0.1) is 11.3 Å². The zero-order valence-corrected chi connectivity index (χ0v) is 30.6. The topological polar surface area (TPSA) is 197 Å². The molecule has 2 aliphatic rings. The number of alkyl halides is 3. The summed E-state index contributed by atoms with van der Waals surface area (Å²) in [4.78, 5) is 62.1. The van der Waals surface area contributed by atoms with Gasteiger partial charge in [0.05, 0.1) is 5.54 Å². The molecule has 2 aliphatic carbocycles. The second-order valence-corrected chi connectivity index (χ2v) is 15.0. The van der Waals surface area contributed by atoms with E-state index in [4.69, 9.17) is 16.3 Å². The molecular weight excluding hydrogens is 733 g/mol. The van der Waals surface area contributed by atoms with E-state index in [0.717, 1.165) is 31.2 Å². The van der Waals surface area contributed by atoms with Gasteiger partial charge in [-0.1, -0.05) is 44.5 Å². The lowest BCUT2D eigenvalue weighted by Crippen LogP contribution is -2.52. The third kappa shape index (κ3) is 11.2. The highest BCUT2D eigenvalue weighted by Crippen LogP contribution is 2.48. The lowest BCUT2D eigenvalue weighted by atomic mass is 9.71. The summed E-state index contributed by atoms with van der Waals surface area (Å²) in [7, 11) is 0. The summed E-state index contributed by atoms with van der Waals surface area (Å²) in [5, 5.41) is 23.5. The van der Waals surface area contributed by atoms with Gasteiger partial charge in [0.15, 0.2) is 6.61 Å². The predicted molar refractivity (Wildman–Crippen MR) is 192 cm³/mol. The summed E-state index contributed by atoms with van der Waals surface area (Å²) in [6.07, 6.45) is 0.0766. The van der Waals surface area contributed by atoms with Gasteiger partial charge in [-0.15, -0.1) is 0 Å². The van der Waals surface area contributed by atoms with E-state index in [-0.39, 0.29) is 28.9 Å². The van der Waals surface area contributed by atoms with Gasteiger partial charge in [0, 0.05) is 28.9 Å². The van der Waals surface area contributed by atoms with Gasteiger partial charge in [-0.2, -0.15) is 28.1 Å². The summed E-state index contributed by atoms with van der Waals surface area (Å²) in [5.41, 5.74) is 0.851. The number of benzene rings is 2. The van der Waals surface area contributed by atoms with Crippen LogP contribution in [0.4, 0.5) is 30.8 Å². The maximum absolute atomic E-state index is 12.9. The third-order valence-corrected chi connectivity index (χ3v) is 9.70. The third-order valence-electron chi connectivity index (χ3n) is 9.44. The number of ether oxygens (including phenoxy) is 1. The van der Waals surface area contributed by atoms with E-state index in [1.165, 1.54) is 24.3 Å². The minimum absolute atomic E-state index is 0.0411. The van der Waals surface area contributed by atoms with Crippen LogP contribution in [0.25, 0.3) is 0 Å². The number of nitrogens with zero attached hydrogens (tertiary/aromatic N) is 3. The van der Waals surface area contributed by atoms with E-state index in [1.54, 1.807) is 12.1 Å². The lowest BCUT2D eigenvalue weighted by Gasteiger charge is -2.37. The van der Waals surface area contributed by atoms with Crippen molar-refractivity contribution in [3.8, 4) is 6.01 Å². The van der Waals surface area contributed by atoms with Crippen molar-refractivity contribution in [1.29, 1.82) is 0 Å². The molecule has 18 heteroatoms. The number of halogens is 4. The van der Waals surface area contributed by atoms with Crippen LogP contribution in [-0.4, -0.2) is 75.2 Å². The molecule has 2 saturated carbocycles. The van der Waals surface area contributed by atoms with Crippen LogP contribution < -0.4 is 31.3 Å². The Morgan fingerprint density at radius 2 is 1.54 bits per heavy atom. The maximum Gasteiger partial charge on any atom is 0.422 e. The highest BCUT2D eigenvalue weighted by molar-refractivity contribution is 6.35. The average molecular weight is 775 g/mol. The molecule has 5 rings (SSSR count). The van der Waals surface area contributed by atoms with Crippen molar-refractivity contribution >= 4 is 52.9 Å². The van der Waals surface area contributed by atoms with Crippen molar-refractivity contribution in [1.82, 2.24) is 30.9 Å². The molecule has 3 aromatic rings. The molecule has 1 aromatic heterocycles. The van der Waals surface area contributed by atoms with Crippen LogP contribution in [0.2, 0.25) is 5.02 Å². The first-order valence-electron chi connectivity index (χ1n) is 17.4. The van der Waals surface area contributed by atoms with E-state index in [2.05, 4.69) is 62.3 Å². The zero-order chi connectivity index (χ0) is 39.3. The number of carbonyl (C=O) groups is 4. The quantitative estimate of drug-likeness (QED) is 0.123. The molecule has 54 heavy (non-hydrogen) atoms. The number of hydrogen-bond acceptors (Lipinski definition) is 10. The summed E-state index contributed by atoms with van der Waals surface area (Å²) in [5.74, 6) is -3.78. The van der Waals surface area contributed by atoms with E-state index < -0.39 is 60.6 Å². The predicted octanol–water partition coefficient (Wildman–Crippen LogP) is 5.33. The first-order valence-corrected chi connectivity index (χ1v) is 17.8. The summed E-state index contributed by atoms with van der Waals surface area (Å²) >= 11 is 6.02. The number of carboxylic acid groups (broad SMARTS) is 1. The standard InChI is InChI=1S/C36H42ClF3N8O6/c1-34(2,3)21-8-14-24(15-9-21)42-29(51)28(50)41-18-26(30(52)53)44-27(49)20-4-12-25(13-5-20)43-31-45-32(47-33(46-31)54-19-36(38,39)40)48-35(16-17-35)22-6-10-23(37)11-7-22/h4-7,10-13,21,24,26H,8-9,14-19H2,1-3H3,(H,41,50)(H,42,51)(H,44,49)(H,52,53)(H2,43,45,46,47,48)/t21?,24?,26-/m0/s1. The highest BCUT2D eigenvalue weighted by atomic mass is 35.5. The van der Waals surface area contributed by atoms with Crippen LogP contribution in [0.1, 0.15) is 75.2 Å². The Hall–Kier alpha value is -5.19. The van der Waals surface area contributed by atoms with Crippen molar-refractivity contribution < 1.29 is 42.2 Å². The van der Waals surface area contributed by atoms with E-state index in [9.17, 15) is 37.5 Å². The summed E-state index contributed by atoms with van der Waals surface area (Å²) in [6.45, 7) is 4.35. The Labute approximate surface area is 314 Å². The molecule has 0 bridgehead atoms. The molecule has 6 N–H and O–H groups in total. The van der Waals surface area contributed by atoms with Gasteiger partial charge in [-0.3, -0.25) is 14.4 Å². The monoisotopic (exact) mass is 774 g/mol. The van der Waals surface area contributed by atoms with Crippen LogP contribution in [0.3, 0.4) is 0 Å². The number of carbonyl (C=O) groups excluding carboxylic acids is 3. The Kier molecular flexibility index (Phi) is 12.2. The van der Waals surface area contributed by atoms with Crippen molar-refractivity contribution in [2.75, 3.05) is 23.8 Å². The molecule has 3 amide bonds. The number of amides is 3. The minimum atomic E-state index is -4.64. The van der Waals surface area contributed by atoms with E-state index >= 15 is 0 Å². The number of carboxylic acids is 1. The van der Waals surface area contributed by atoms with Crippen molar-refractivity contribution in [2.45, 2.75) is 83.1 Å². The van der Waals surface area contributed by atoms with Gasteiger partial charge in [0.1, 0.15) is 6.04 Å². The normalized spacial score (nSPS) is 18.4. The molecule has 0 saturated heterocycles. The first-order chi connectivity index (χ1) is 25.4. The van der Waals surface area contributed by atoms with Gasteiger partial charge in [0.25, 0.3) is 5.91 Å². The number of hydrogen-bond donors (Lipinski definition) is 6. The second kappa shape index (κ2) is 16.4. The van der Waals surface area contributed by atoms with Crippen molar-refractivity contribution in [2.24, 2.45) is 11.3 Å². The zero-order valence-electron chi connectivity index (χ0n) is 29.8. The first kappa shape index (κ1) is 40.0. The Morgan fingerprint density at radius 1 is 0.907 bits per heavy atom. The molecule has 0 spiro atoms. The van der Waals surface area contributed by atoms with Gasteiger partial charge >= 0.3 is 30.0 Å². The van der Waals surface area contributed by atoms with Gasteiger partial charge < -0.3 is 36.4 Å². The minimum Gasteiger partial charge on any atom is -0.480 e. The molecule has 1 atom stereocenters. The molecule has 0 aliphatic heterocycles. The van der Waals surface area contributed by atoms with Crippen LogP contribution in [-0.2, 0) is 19.9 Å². The van der Waals surface area contributed by atoms with Crippen LogP contribution in [0.15, 0.2) is 48.5 Å². The van der Waals surface area contributed by atoms with Crippen LogP contribution in [0.5, 0.6) is 6.01 Å². The fraction of sp³-hybridized carbons (Fsp3) is 0.472. The molecule has 0 radical (unpaired) electrons. The number of aliphatic carboxylic acids is 1. The Balaban J connectivity index is 1.18. The molecule has 1 heterocycles. The van der Waals surface area contributed by atoms with Crippen LogP contribution >= 0.6 is 11.6 Å². The van der Waals surface area contributed by atoms with Gasteiger partial charge in [-0.25, -0.2) is 4.79 Å². The molecule has 290 valence electrons.